The first kappa shape index (κ1) is 13.8. The largest absolute Gasteiger partial charge is 0.396 e. The molecule has 1 heterocycles. The zero-order valence-corrected chi connectivity index (χ0v) is 11.2. The number of ketones is 1. The zero-order chi connectivity index (χ0) is 15.9. The lowest BCUT2D eigenvalue weighted by Gasteiger charge is -2.08. The lowest BCUT2D eigenvalue weighted by Crippen LogP contribution is -2.10. The number of hydrogen-bond acceptors (Lipinski definition) is 3. The van der Waals surface area contributed by atoms with Crippen molar-refractivity contribution in [3.8, 4) is 17.3 Å². The van der Waals surface area contributed by atoms with E-state index in [9.17, 15) is 13.6 Å². The maximum Gasteiger partial charge on any atom is 0.199 e. The van der Waals surface area contributed by atoms with E-state index >= 15 is 0 Å². The standard InChI is InChI=1S/C16H9F2N3O/c17-10-2-3-11(20)15(18)14(10)16(22)9-1-4-12-13(9)8(7-19)5-6-21-12/h1-6,21H,20H2. The smallest absolute Gasteiger partial charge is 0.199 e. The number of aromatic amines is 1. The molecule has 2 aliphatic rings. The number of pyridine rings is 1. The van der Waals surface area contributed by atoms with Crippen LogP contribution >= 0.6 is 0 Å². The number of nitrogens with one attached hydrogen (secondary N) is 1. The molecular formula is C16H9F2N3O. The molecule has 0 fully saturated rings. The van der Waals surface area contributed by atoms with E-state index in [-0.39, 0.29) is 16.8 Å². The summed E-state index contributed by atoms with van der Waals surface area (Å²) in [5, 5.41) is 9.14. The molecule has 0 radical (unpaired) electrons. The quantitative estimate of drug-likeness (QED) is 0.563. The summed E-state index contributed by atoms with van der Waals surface area (Å²) in [5.74, 6) is -2.95. The molecule has 0 unspecified atom stereocenters. The third-order valence-electron chi connectivity index (χ3n) is 3.43. The summed E-state index contributed by atoms with van der Waals surface area (Å²) in [7, 11) is 0. The van der Waals surface area contributed by atoms with E-state index in [1.54, 1.807) is 12.3 Å². The average Bonchev–Trinajstić information content (AvgIpc) is 2.95. The summed E-state index contributed by atoms with van der Waals surface area (Å²) in [5.41, 5.74) is 5.52. The third kappa shape index (κ3) is 1.91. The Morgan fingerprint density at radius 3 is 2.68 bits per heavy atom. The number of nitrogens with two attached hydrogens (primary N) is 1. The SMILES string of the molecule is N#Cc1cc[nH]c2ccc(C(=O)c3c(F)ccc(N)c3F)c1-2. The Labute approximate surface area is 124 Å². The fraction of sp³-hybridized carbons (Fsp3) is 0. The number of anilines is 1. The number of hydrogen-bond donors (Lipinski definition) is 2. The van der Waals surface area contributed by atoms with E-state index in [0.717, 1.165) is 12.1 Å². The predicted octanol–water partition coefficient (Wildman–Crippen LogP) is 3.08. The van der Waals surface area contributed by atoms with Crippen LogP contribution in [0.5, 0.6) is 0 Å². The van der Waals surface area contributed by atoms with Crippen LogP contribution in [0, 0.1) is 23.0 Å². The molecular weight excluding hydrogens is 288 g/mol. The molecule has 0 saturated heterocycles. The molecule has 3 rings (SSSR count). The average molecular weight is 297 g/mol. The Bertz CT molecular complexity index is 908. The van der Waals surface area contributed by atoms with Crippen LogP contribution in [0.2, 0.25) is 0 Å². The van der Waals surface area contributed by atoms with Crippen LogP contribution < -0.4 is 5.73 Å². The van der Waals surface area contributed by atoms with Gasteiger partial charge in [-0.05, 0) is 30.3 Å². The second kappa shape index (κ2) is 4.97. The lowest BCUT2D eigenvalue weighted by atomic mass is 9.97. The highest BCUT2D eigenvalue weighted by Crippen LogP contribution is 2.32. The van der Waals surface area contributed by atoms with Gasteiger partial charge in [-0.25, -0.2) is 8.78 Å². The first-order valence-corrected chi connectivity index (χ1v) is 6.33. The number of H-pyrrole nitrogens is 1. The van der Waals surface area contributed by atoms with Gasteiger partial charge in [-0.1, -0.05) is 0 Å². The molecule has 0 amide bonds. The minimum Gasteiger partial charge on any atom is -0.396 e. The number of nitrogen functional groups attached to an aromatic ring is 1. The second-order valence-corrected chi connectivity index (χ2v) is 4.69. The summed E-state index contributed by atoms with van der Waals surface area (Å²) in [6, 6.07) is 8.44. The van der Waals surface area contributed by atoms with Gasteiger partial charge in [0.2, 0.25) is 0 Å². The molecule has 0 atom stereocenters. The Morgan fingerprint density at radius 2 is 1.95 bits per heavy atom. The Morgan fingerprint density at radius 1 is 1.18 bits per heavy atom. The number of aromatic nitrogens is 1. The number of carbonyl (C=O) groups is 1. The summed E-state index contributed by atoms with van der Waals surface area (Å²) in [6.45, 7) is 0. The van der Waals surface area contributed by atoms with Crippen LogP contribution in [0.4, 0.5) is 14.5 Å². The lowest BCUT2D eigenvalue weighted by molar-refractivity contribution is 0.103. The van der Waals surface area contributed by atoms with Gasteiger partial charge in [-0.2, -0.15) is 5.26 Å². The number of rotatable bonds is 2. The van der Waals surface area contributed by atoms with E-state index in [1.807, 2.05) is 6.07 Å². The Kier molecular flexibility index (Phi) is 3.11. The van der Waals surface area contributed by atoms with E-state index < -0.39 is 23.0 Å². The van der Waals surface area contributed by atoms with Crippen molar-refractivity contribution in [2.45, 2.75) is 0 Å². The van der Waals surface area contributed by atoms with Crippen molar-refractivity contribution in [2.24, 2.45) is 0 Å². The van der Waals surface area contributed by atoms with Gasteiger partial charge in [-0.15, -0.1) is 0 Å². The molecule has 6 heteroatoms. The number of benzene rings is 1. The molecule has 1 aliphatic carbocycles. The van der Waals surface area contributed by atoms with Crippen molar-refractivity contribution in [1.29, 1.82) is 5.26 Å². The summed E-state index contributed by atoms with van der Waals surface area (Å²) >= 11 is 0. The van der Waals surface area contributed by atoms with Crippen LogP contribution in [0.1, 0.15) is 21.5 Å². The van der Waals surface area contributed by atoms with Crippen molar-refractivity contribution in [1.82, 2.24) is 4.98 Å². The Hall–Kier alpha value is -3.20. The van der Waals surface area contributed by atoms with Gasteiger partial charge in [0, 0.05) is 23.0 Å². The molecule has 1 aromatic rings. The van der Waals surface area contributed by atoms with Gasteiger partial charge in [0.15, 0.2) is 11.6 Å². The van der Waals surface area contributed by atoms with E-state index in [0.29, 0.717) is 11.3 Å². The van der Waals surface area contributed by atoms with E-state index in [2.05, 4.69) is 4.98 Å². The van der Waals surface area contributed by atoms with Gasteiger partial charge >= 0.3 is 0 Å². The minimum atomic E-state index is -1.10. The number of fused-ring (bicyclic) bond motifs is 1. The monoisotopic (exact) mass is 297 g/mol. The molecule has 108 valence electrons. The van der Waals surface area contributed by atoms with Crippen molar-refractivity contribution >= 4 is 11.5 Å². The number of carbonyl (C=O) groups excluding carboxylic acids is 1. The molecule has 0 saturated carbocycles. The van der Waals surface area contributed by atoms with Crippen molar-refractivity contribution in [2.75, 3.05) is 5.73 Å². The number of nitriles is 1. The van der Waals surface area contributed by atoms with E-state index in [4.69, 9.17) is 11.0 Å². The third-order valence-corrected chi connectivity index (χ3v) is 3.43. The summed E-state index contributed by atoms with van der Waals surface area (Å²) in [6.07, 6.45) is 1.55. The maximum absolute atomic E-state index is 14.0. The minimum absolute atomic E-state index is 0.0480. The van der Waals surface area contributed by atoms with Crippen LogP contribution in [-0.2, 0) is 0 Å². The van der Waals surface area contributed by atoms with Gasteiger partial charge in [0.1, 0.15) is 5.82 Å². The van der Waals surface area contributed by atoms with E-state index in [1.165, 1.54) is 12.1 Å². The molecule has 22 heavy (non-hydrogen) atoms. The van der Waals surface area contributed by atoms with Gasteiger partial charge in [0.05, 0.1) is 22.9 Å². The molecule has 1 aromatic carbocycles. The van der Waals surface area contributed by atoms with Crippen molar-refractivity contribution in [3.05, 3.63) is 64.9 Å². The van der Waals surface area contributed by atoms with Gasteiger partial charge in [-0.3, -0.25) is 4.79 Å². The van der Waals surface area contributed by atoms with Gasteiger partial charge < -0.3 is 10.7 Å². The van der Waals surface area contributed by atoms with Crippen LogP contribution in [0.3, 0.4) is 0 Å². The molecule has 0 bridgehead atoms. The maximum atomic E-state index is 14.0. The fourth-order valence-corrected chi connectivity index (χ4v) is 2.38. The topological polar surface area (TPSA) is 82.7 Å². The van der Waals surface area contributed by atoms with Crippen molar-refractivity contribution in [3.63, 3.8) is 0 Å². The normalized spacial score (nSPS) is 10.6. The first-order chi connectivity index (χ1) is 10.5. The zero-order valence-electron chi connectivity index (χ0n) is 11.2. The summed E-state index contributed by atoms with van der Waals surface area (Å²) in [4.78, 5) is 15.4. The fourth-order valence-electron chi connectivity index (χ4n) is 2.38. The highest BCUT2D eigenvalue weighted by atomic mass is 19.1. The first-order valence-electron chi connectivity index (χ1n) is 6.33. The van der Waals surface area contributed by atoms with Crippen LogP contribution in [-0.4, -0.2) is 10.8 Å². The van der Waals surface area contributed by atoms with Crippen molar-refractivity contribution < 1.29 is 13.6 Å². The predicted molar refractivity (Wildman–Crippen MR) is 76.3 cm³/mol. The number of nitrogens with zero attached hydrogens (tertiary/aromatic N) is 1. The Balaban J connectivity index is 2.24. The number of halogens is 2. The summed E-state index contributed by atoms with van der Waals surface area (Å²) < 4.78 is 27.9. The molecule has 3 N–H and O–H groups in total. The van der Waals surface area contributed by atoms with Crippen LogP contribution in [0.25, 0.3) is 11.3 Å². The molecule has 4 nitrogen and oxygen atoms in total. The highest BCUT2D eigenvalue weighted by molar-refractivity contribution is 6.14. The van der Waals surface area contributed by atoms with Crippen LogP contribution in [0.15, 0.2) is 36.5 Å². The molecule has 0 spiro atoms. The van der Waals surface area contributed by atoms with Gasteiger partial charge in [0.25, 0.3) is 0 Å². The molecule has 0 aromatic heterocycles. The second-order valence-electron chi connectivity index (χ2n) is 4.69. The highest BCUT2D eigenvalue weighted by Gasteiger charge is 2.26. The molecule has 1 aliphatic heterocycles.